The van der Waals surface area contributed by atoms with Crippen LogP contribution in [0.25, 0.3) is 10.9 Å². The summed E-state index contributed by atoms with van der Waals surface area (Å²) in [4.78, 5) is 30.8. The number of aryl methyl sites for hydroxylation is 3. The Morgan fingerprint density at radius 1 is 1.26 bits per heavy atom. The van der Waals surface area contributed by atoms with Crippen molar-refractivity contribution in [2.75, 3.05) is 5.32 Å². The number of rotatable bonds is 4. The molecule has 1 amide bonds. The van der Waals surface area contributed by atoms with E-state index in [1.54, 1.807) is 11.6 Å². The molecule has 0 bridgehead atoms. The van der Waals surface area contributed by atoms with Crippen molar-refractivity contribution in [3.63, 3.8) is 0 Å². The van der Waals surface area contributed by atoms with E-state index in [0.29, 0.717) is 17.2 Å². The zero-order chi connectivity index (χ0) is 22.3. The number of esters is 1. The van der Waals surface area contributed by atoms with Gasteiger partial charge in [0.1, 0.15) is 0 Å². The Morgan fingerprint density at radius 2 is 2.00 bits per heavy atom. The van der Waals surface area contributed by atoms with Gasteiger partial charge in [0.25, 0.3) is 5.91 Å². The van der Waals surface area contributed by atoms with Gasteiger partial charge in [-0.3, -0.25) is 14.5 Å². The maximum atomic E-state index is 13.3. The summed E-state index contributed by atoms with van der Waals surface area (Å²) >= 11 is 0. The number of anilines is 1. The van der Waals surface area contributed by atoms with Crippen molar-refractivity contribution in [1.82, 2.24) is 14.8 Å². The van der Waals surface area contributed by atoms with E-state index in [9.17, 15) is 9.59 Å². The Bertz CT molecular complexity index is 1180. The number of pyridine rings is 1. The number of carbonyl (C=O) groups is 2. The third kappa shape index (κ3) is 3.92. The Kier molecular flexibility index (Phi) is 5.52. The maximum Gasteiger partial charge on any atom is 0.339 e. The third-order valence-electron chi connectivity index (χ3n) is 6.12. The molecule has 2 atom stereocenters. The molecule has 2 heterocycles. The minimum Gasteiger partial charge on any atom is -0.449 e. The molecule has 1 aromatic carbocycles. The molecular formula is C24H28N4O3. The summed E-state index contributed by atoms with van der Waals surface area (Å²) < 4.78 is 7.37. The SMILES string of the molecule is Cc1nn(C)c(C)c1NC(=O)[C@H](C)OC(=O)c1c2c(nc3ccccc13)CC[C@@H](C)C2. The van der Waals surface area contributed by atoms with Crippen LogP contribution in [0.2, 0.25) is 0 Å². The topological polar surface area (TPSA) is 86.1 Å². The molecule has 0 unspecified atom stereocenters. The van der Waals surface area contributed by atoms with Gasteiger partial charge in [0.15, 0.2) is 6.10 Å². The van der Waals surface area contributed by atoms with E-state index in [2.05, 4.69) is 17.3 Å². The molecule has 3 aromatic rings. The second-order valence-corrected chi connectivity index (χ2v) is 8.48. The Hall–Kier alpha value is -3.22. The van der Waals surface area contributed by atoms with Crippen molar-refractivity contribution in [2.24, 2.45) is 13.0 Å². The number of nitrogens with one attached hydrogen (secondary N) is 1. The number of fused-ring (bicyclic) bond motifs is 2. The Morgan fingerprint density at radius 3 is 2.71 bits per heavy atom. The monoisotopic (exact) mass is 420 g/mol. The number of nitrogens with zero attached hydrogens (tertiary/aromatic N) is 3. The lowest BCUT2D eigenvalue weighted by atomic mass is 9.84. The van der Waals surface area contributed by atoms with E-state index >= 15 is 0 Å². The molecule has 1 N–H and O–H groups in total. The summed E-state index contributed by atoms with van der Waals surface area (Å²) in [5.41, 5.74) is 5.44. The average molecular weight is 421 g/mol. The lowest BCUT2D eigenvalue weighted by molar-refractivity contribution is -0.123. The van der Waals surface area contributed by atoms with Crippen LogP contribution >= 0.6 is 0 Å². The number of carbonyl (C=O) groups excluding carboxylic acids is 2. The molecule has 0 radical (unpaired) electrons. The summed E-state index contributed by atoms with van der Waals surface area (Å²) in [7, 11) is 1.82. The number of ether oxygens (including phenoxy) is 1. The van der Waals surface area contributed by atoms with E-state index in [4.69, 9.17) is 9.72 Å². The van der Waals surface area contributed by atoms with E-state index < -0.39 is 12.1 Å². The number of aromatic nitrogens is 3. The number of hydrogen-bond acceptors (Lipinski definition) is 5. The molecule has 0 saturated carbocycles. The summed E-state index contributed by atoms with van der Waals surface area (Å²) in [5.74, 6) is -0.390. The predicted octanol–water partition coefficient (Wildman–Crippen LogP) is 3.89. The second kappa shape index (κ2) is 8.13. The number of benzene rings is 1. The van der Waals surface area contributed by atoms with Crippen molar-refractivity contribution < 1.29 is 14.3 Å². The van der Waals surface area contributed by atoms with Gasteiger partial charge in [0.2, 0.25) is 0 Å². The average Bonchev–Trinajstić information content (AvgIpc) is 2.97. The Balaban J connectivity index is 1.62. The van der Waals surface area contributed by atoms with Crippen LogP contribution in [-0.2, 0) is 29.4 Å². The molecular weight excluding hydrogens is 392 g/mol. The molecule has 7 nitrogen and oxygen atoms in total. The van der Waals surface area contributed by atoms with Crippen LogP contribution in [0.3, 0.4) is 0 Å². The van der Waals surface area contributed by atoms with Gasteiger partial charge in [-0.25, -0.2) is 4.79 Å². The molecule has 0 aliphatic heterocycles. The molecule has 31 heavy (non-hydrogen) atoms. The van der Waals surface area contributed by atoms with Gasteiger partial charge in [-0.15, -0.1) is 0 Å². The minimum atomic E-state index is -0.949. The zero-order valence-corrected chi connectivity index (χ0v) is 18.7. The first-order valence-corrected chi connectivity index (χ1v) is 10.7. The number of amides is 1. The molecule has 2 aromatic heterocycles. The summed E-state index contributed by atoms with van der Waals surface area (Å²) in [6, 6.07) is 7.61. The van der Waals surface area contributed by atoms with Gasteiger partial charge in [-0.1, -0.05) is 25.1 Å². The molecule has 0 saturated heterocycles. The maximum absolute atomic E-state index is 13.3. The highest BCUT2D eigenvalue weighted by atomic mass is 16.5. The Labute approximate surface area is 181 Å². The summed E-state index contributed by atoms with van der Waals surface area (Å²) in [6.45, 7) is 7.48. The van der Waals surface area contributed by atoms with Crippen molar-refractivity contribution in [3.05, 3.63) is 52.5 Å². The standard InChI is InChI=1S/C24H28N4O3/c1-13-10-11-20-18(12-13)21(17-8-6-7-9-19(17)25-20)24(30)31-16(4)23(29)26-22-14(2)27-28(5)15(22)3/h6-9,13,16H,10-12H2,1-5H3,(H,26,29)/t13-,16+/m1/s1. The first-order chi connectivity index (χ1) is 14.8. The quantitative estimate of drug-likeness (QED) is 0.647. The van der Waals surface area contributed by atoms with E-state index in [0.717, 1.165) is 52.8 Å². The first kappa shape index (κ1) is 21.0. The van der Waals surface area contributed by atoms with Gasteiger partial charge in [-0.05, 0) is 57.6 Å². The fourth-order valence-corrected chi connectivity index (χ4v) is 4.25. The van der Waals surface area contributed by atoms with Gasteiger partial charge < -0.3 is 10.1 Å². The van der Waals surface area contributed by atoms with Crippen LogP contribution in [0, 0.1) is 19.8 Å². The van der Waals surface area contributed by atoms with Crippen LogP contribution in [0.4, 0.5) is 5.69 Å². The van der Waals surface area contributed by atoms with Crippen LogP contribution in [0.5, 0.6) is 0 Å². The third-order valence-corrected chi connectivity index (χ3v) is 6.12. The normalized spacial score (nSPS) is 16.6. The van der Waals surface area contributed by atoms with Crippen molar-refractivity contribution >= 4 is 28.5 Å². The molecule has 1 aliphatic rings. The van der Waals surface area contributed by atoms with Gasteiger partial charge in [0, 0.05) is 18.1 Å². The van der Waals surface area contributed by atoms with Crippen molar-refractivity contribution in [3.8, 4) is 0 Å². The summed E-state index contributed by atoms with van der Waals surface area (Å²) in [5, 5.41) is 7.93. The minimum absolute atomic E-state index is 0.381. The first-order valence-electron chi connectivity index (χ1n) is 10.7. The smallest absolute Gasteiger partial charge is 0.339 e. The molecule has 4 rings (SSSR count). The molecule has 1 aliphatic carbocycles. The van der Waals surface area contributed by atoms with E-state index in [-0.39, 0.29) is 5.91 Å². The van der Waals surface area contributed by atoms with E-state index in [1.807, 2.05) is 45.2 Å². The fraction of sp³-hybridized carbons (Fsp3) is 0.417. The lowest BCUT2D eigenvalue weighted by Crippen LogP contribution is -2.31. The molecule has 7 heteroatoms. The molecule has 0 spiro atoms. The van der Waals surface area contributed by atoms with Crippen molar-refractivity contribution in [2.45, 2.75) is 53.1 Å². The zero-order valence-electron chi connectivity index (χ0n) is 18.7. The van der Waals surface area contributed by atoms with Crippen LogP contribution in [0.15, 0.2) is 24.3 Å². The van der Waals surface area contributed by atoms with Gasteiger partial charge in [-0.2, -0.15) is 5.10 Å². The number of hydrogen-bond donors (Lipinski definition) is 1. The second-order valence-electron chi connectivity index (χ2n) is 8.48. The highest BCUT2D eigenvalue weighted by molar-refractivity contribution is 6.06. The highest BCUT2D eigenvalue weighted by Gasteiger charge is 2.28. The van der Waals surface area contributed by atoms with Crippen molar-refractivity contribution in [1.29, 1.82) is 0 Å². The van der Waals surface area contributed by atoms with Gasteiger partial charge >= 0.3 is 5.97 Å². The van der Waals surface area contributed by atoms with Crippen LogP contribution in [-0.4, -0.2) is 32.7 Å². The van der Waals surface area contributed by atoms with Crippen LogP contribution < -0.4 is 5.32 Å². The summed E-state index contributed by atoms with van der Waals surface area (Å²) in [6.07, 6.45) is 1.73. The van der Waals surface area contributed by atoms with Gasteiger partial charge in [0.05, 0.1) is 28.2 Å². The molecule has 0 fully saturated rings. The predicted molar refractivity (Wildman–Crippen MR) is 119 cm³/mol. The largest absolute Gasteiger partial charge is 0.449 e. The molecule has 162 valence electrons. The number of para-hydroxylation sites is 1. The van der Waals surface area contributed by atoms with E-state index in [1.165, 1.54) is 0 Å². The highest BCUT2D eigenvalue weighted by Crippen LogP contribution is 2.32. The van der Waals surface area contributed by atoms with Crippen LogP contribution in [0.1, 0.15) is 53.3 Å². The lowest BCUT2D eigenvalue weighted by Gasteiger charge is -2.24. The fourth-order valence-electron chi connectivity index (χ4n) is 4.25.